The number of carbonyl (C=O) groups excluding carboxylic acids is 3. The lowest BCUT2D eigenvalue weighted by molar-refractivity contribution is 0.0420. The highest BCUT2D eigenvalue weighted by Gasteiger charge is 2.34. The molecule has 0 atom stereocenters. The van der Waals surface area contributed by atoms with E-state index in [1.165, 1.54) is 0 Å². The molecule has 5 nitrogen and oxygen atoms in total. The monoisotopic (exact) mass is 323 g/mol. The van der Waals surface area contributed by atoms with Crippen molar-refractivity contribution in [2.75, 3.05) is 13.2 Å². The number of benzene rings is 2. The molecule has 0 unspecified atom stereocenters. The molecule has 0 spiro atoms. The summed E-state index contributed by atoms with van der Waals surface area (Å²) >= 11 is 0. The lowest BCUT2D eigenvalue weighted by Crippen LogP contribution is -2.33. The van der Waals surface area contributed by atoms with Gasteiger partial charge in [-0.3, -0.25) is 14.5 Å². The summed E-state index contributed by atoms with van der Waals surface area (Å²) in [5, 5.41) is 0. The van der Waals surface area contributed by atoms with Gasteiger partial charge < -0.3 is 4.74 Å². The van der Waals surface area contributed by atoms with E-state index in [0.717, 1.165) is 16.0 Å². The molecular formula is C19H17NO4. The van der Waals surface area contributed by atoms with Crippen molar-refractivity contribution in [3.8, 4) is 0 Å². The fourth-order valence-electron chi connectivity index (χ4n) is 2.79. The molecule has 0 fully saturated rings. The molecule has 3 rings (SSSR count). The van der Waals surface area contributed by atoms with Gasteiger partial charge in [0.15, 0.2) is 0 Å². The van der Waals surface area contributed by atoms with Crippen molar-refractivity contribution in [1.29, 1.82) is 0 Å². The van der Waals surface area contributed by atoms with Crippen LogP contribution in [-0.4, -0.2) is 35.8 Å². The van der Waals surface area contributed by atoms with Crippen LogP contribution in [0.3, 0.4) is 0 Å². The SMILES string of the molecule is Cc1ccc(C(=O)OCCN2C(=O)c3ccccc3C2=O)c(C)c1. The van der Waals surface area contributed by atoms with E-state index in [2.05, 4.69) is 0 Å². The number of carbonyl (C=O) groups is 3. The minimum Gasteiger partial charge on any atom is -0.460 e. The Kier molecular flexibility index (Phi) is 4.16. The zero-order chi connectivity index (χ0) is 17.3. The summed E-state index contributed by atoms with van der Waals surface area (Å²) in [6.07, 6.45) is 0. The van der Waals surface area contributed by atoms with Crippen LogP contribution in [0.4, 0.5) is 0 Å². The van der Waals surface area contributed by atoms with Gasteiger partial charge in [-0.2, -0.15) is 0 Å². The van der Waals surface area contributed by atoms with Gasteiger partial charge in [-0.1, -0.05) is 29.8 Å². The predicted octanol–water partition coefficient (Wildman–Crippen LogP) is 2.76. The summed E-state index contributed by atoms with van der Waals surface area (Å²) in [4.78, 5) is 37.7. The van der Waals surface area contributed by atoms with Gasteiger partial charge in [-0.05, 0) is 37.6 Å². The van der Waals surface area contributed by atoms with Gasteiger partial charge >= 0.3 is 5.97 Å². The summed E-state index contributed by atoms with van der Waals surface area (Å²) in [6.45, 7) is 3.80. The standard InChI is InChI=1S/C19H17NO4/c1-12-7-8-14(13(2)11-12)19(23)24-10-9-20-17(21)15-5-3-4-6-16(15)18(20)22/h3-8,11H,9-10H2,1-2H3. The zero-order valence-electron chi connectivity index (χ0n) is 13.5. The number of esters is 1. The third-order valence-corrected chi connectivity index (χ3v) is 4.03. The molecule has 0 aliphatic carbocycles. The topological polar surface area (TPSA) is 63.7 Å². The Morgan fingerprint density at radius 1 is 1.00 bits per heavy atom. The molecule has 2 aromatic rings. The second kappa shape index (κ2) is 6.28. The van der Waals surface area contributed by atoms with Crippen LogP contribution in [0.2, 0.25) is 0 Å². The molecule has 1 heterocycles. The first-order valence-corrected chi connectivity index (χ1v) is 7.68. The summed E-state index contributed by atoms with van der Waals surface area (Å²) in [6, 6.07) is 12.1. The van der Waals surface area contributed by atoms with Crippen molar-refractivity contribution in [2.24, 2.45) is 0 Å². The summed E-state index contributed by atoms with van der Waals surface area (Å²) < 4.78 is 5.22. The highest BCUT2D eigenvalue weighted by atomic mass is 16.5. The van der Waals surface area contributed by atoms with Crippen molar-refractivity contribution >= 4 is 17.8 Å². The third kappa shape index (κ3) is 2.80. The molecule has 122 valence electrons. The lowest BCUT2D eigenvalue weighted by atomic mass is 10.1. The Hall–Kier alpha value is -2.95. The minimum atomic E-state index is -0.455. The summed E-state index contributed by atoms with van der Waals surface area (Å²) in [7, 11) is 0. The van der Waals surface area contributed by atoms with Gasteiger partial charge in [-0.25, -0.2) is 4.79 Å². The molecular weight excluding hydrogens is 306 g/mol. The zero-order valence-corrected chi connectivity index (χ0v) is 13.5. The van der Waals surface area contributed by atoms with Crippen molar-refractivity contribution in [3.05, 3.63) is 70.3 Å². The van der Waals surface area contributed by atoms with Crippen molar-refractivity contribution < 1.29 is 19.1 Å². The van der Waals surface area contributed by atoms with Crippen LogP contribution in [0.25, 0.3) is 0 Å². The summed E-state index contributed by atoms with van der Waals surface area (Å²) in [5.41, 5.74) is 3.17. The number of amides is 2. The molecule has 0 saturated heterocycles. The second-order valence-electron chi connectivity index (χ2n) is 5.76. The van der Waals surface area contributed by atoms with E-state index in [4.69, 9.17) is 4.74 Å². The van der Waals surface area contributed by atoms with E-state index in [9.17, 15) is 14.4 Å². The van der Waals surface area contributed by atoms with Crippen molar-refractivity contribution in [2.45, 2.75) is 13.8 Å². The predicted molar refractivity (Wildman–Crippen MR) is 88.0 cm³/mol. The third-order valence-electron chi connectivity index (χ3n) is 4.03. The fourth-order valence-corrected chi connectivity index (χ4v) is 2.79. The largest absolute Gasteiger partial charge is 0.460 e. The van der Waals surface area contributed by atoms with Gasteiger partial charge in [0, 0.05) is 0 Å². The van der Waals surface area contributed by atoms with Crippen LogP contribution in [0.5, 0.6) is 0 Å². The minimum absolute atomic E-state index is 0.0301. The number of rotatable bonds is 4. The Bertz CT molecular complexity index is 806. The normalized spacial score (nSPS) is 13.2. The molecule has 0 saturated carbocycles. The lowest BCUT2D eigenvalue weighted by Gasteiger charge is -2.14. The molecule has 2 aromatic carbocycles. The van der Waals surface area contributed by atoms with Gasteiger partial charge in [0.05, 0.1) is 23.2 Å². The van der Waals surface area contributed by atoms with Gasteiger partial charge in [0.2, 0.25) is 0 Å². The van der Waals surface area contributed by atoms with Gasteiger partial charge in [0.25, 0.3) is 11.8 Å². The van der Waals surface area contributed by atoms with Crippen LogP contribution >= 0.6 is 0 Å². The Morgan fingerprint density at radius 2 is 1.62 bits per heavy atom. The molecule has 1 aliphatic rings. The molecule has 2 amide bonds. The average Bonchev–Trinajstić information content (AvgIpc) is 2.80. The number of hydrogen-bond donors (Lipinski definition) is 0. The average molecular weight is 323 g/mol. The Balaban J connectivity index is 1.62. The molecule has 1 aliphatic heterocycles. The Labute approximate surface area is 139 Å². The number of nitrogens with zero attached hydrogens (tertiary/aromatic N) is 1. The van der Waals surface area contributed by atoms with Crippen LogP contribution in [0.1, 0.15) is 42.2 Å². The maximum atomic E-state index is 12.2. The van der Waals surface area contributed by atoms with Gasteiger partial charge in [0.1, 0.15) is 6.61 Å². The van der Waals surface area contributed by atoms with Crippen molar-refractivity contribution in [3.63, 3.8) is 0 Å². The van der Waals surface area contributed by atoms with E-state index in [1.54, 1.807) is 30.3 Å². The number of fused-ring (bicyclic) bond motifs is 1. The number of aryl methyl sites for hydroxylation is 2. The first kappa shape index (κ1) is 15.9. The van der Waals surface area contributed by atoms with Crippen LogP contribution in [-0.2, 0) is 4.74 Å². The van der Waals surface area contributed by atoms with Crippen LogP contribution in [0.15, 0.2) is 42.5 Å². The molecule has 5 heteroatoms. The number of ether oxygens (including phenoxy) is 1. The van der Waals surface area contributed by atoms with E-state index < -0.39 is 5.97 Å². The molecule has 0 radical (unpaired) electrons. The first-order valence-electron chi connectivity index (χ1n) is 7.68. The number of imide groups is 1. The number of hydrogen-bond acceptors (Lipinski definition) is 4. The molecule has 0 N–H and O–H groups in total. The van der Waals surface area contributed by atoms with Crippen LogP contribution in [0, 0.1) is 13.8 Å². The van der Waals surface area contributed by atoms with Gasteiger partial charge in [-0.15, -0.1) is 0 Å². The van der Waals surface area contributed by atoms with Crippen molar-refractivity contribution in [1.82, 2.24) is 4.90 Å². The van der Waals surface area contributed by atoms with Crippen LogP contribution < -0.4 is 0 Å². The highest BCUT2D eigenvalue weighted by molar-refractivity contribution is 6.21. The fraction of sp³-hybridized carbons (Fsp3) is 0.211. The second-order valence-corrected chi connectivity index (χ2v) is 5.76. The summed E-state index contributed by atoms with van der Waals surface area (Å²) in [5.74, 6) is -1.15. The Morgan fingerprint density at radius 3 is 2.21 bits per heavy atom. The highest BCUT2D eigenvalue weighted by Crippen LogP contribution is 2.22. The quantitative estimate of drug-likeness (QED) is 0.641. The van der Waals surface area contributed by atoms with E-state index in [1.807, 2.05) is 26.0 Å². The first-order chi connectivity index (χ1) is 11.5. The maximum Gasteiger partial charge on any atom is 0.338 e. The maximum absolute atomic E-state index is 12.2. The van der Waals surface area contributed by atoms with E-state index in [-0.39, 0.29) is 25.0 Å². The molecule has 0 bridgehead atoms. The molecule has 0 aromatic heterocycles. The van der Waals surface area contributed by atoms with E-state index >= 15 is 0 Å². The smallest absolute Gasteiger partial charge is 0.338 e. The molecule has 24 heavy (non-hydrogen) atoms. The van der Waals surface area contributed by atoms with E-state index in [0.29, 0.717) is 16.7 Å².